The Morgan fingerprint density at radius 1 is 1.38 bits per heavy atom. The maximum absolute atomic E-state index is 12.9. The van der Waals surface area contributed by atoms with Gasteiger partial charge in [-0.2, -0.15) is 13.2 Å². The fourth-order valence-electron chi connectivity index (χ4n) is 1.78. The topological polar surface area (TPSA) is 29.5 Å². The molecule has 0 radical (unpaired) electrons. The molecule has 1 aromatic rings. The van der Waals surface area contributed by atoms with E-state index in [0.717, 1.165) is 7.05 Å². The maximum atomic E-state index is 12.9. The van der Waals surface area contributed by atoms with E-state index >= 15 is 0 Å². The van der Waals surface area contributed by atoms with Gasteiger partial charge in [0.05, 0.1) is 0 Å². The predicted octanol–water partition coefficient (Wildman–Crippen LogP) is 4.21. The van der Waals surface area contributed by atoms with Crippen molar-refractivity contribution in [3.63, 3.8) is 0 Å². The van der Waals surface area contributed by atoms with E-state index in [1.54, 1.807) is 26.0 Å². The molecule has 6 heteroatoms. The quantitative estimate of drug-likeness (QED) is 0.463. The molecule has 0 aliphatic heterocycles. The third-order valence-corrected chi connectivity index (χ3v) is 3.16. The van der Waals surface area contributed by atoms with Crippen LogP contribution in [0.1, 0.15) is 31.7 Å². The van der Waals surface area contributed by atoms with Gasteiger partial charge in [0, 0.05) is 25.1 Å². The molecule has 0 aromatic heterocycles. The molecule has 0 amide bonds. The summed E-state index contributed by atoms with van der Waals surface area (Å²) >= 11 is 0. The molecule has 0 saturated carbocycles. The van der Waals surface area contributed by atoms with Gasteiger partial charge in [0.2, 0.25) is 0 Å². The van der Waals surface area contributed by atoms with E-state index in [2.05, 4.69) is 6.58 Å². The molecule has 21 heavy (non-hydrogen) atoms. The van der Waals surface area contributed by atoms with Gasteiger partial charge in [-0.3, -0.25) is 9.69 Å². The minimum Gasteiger partial charge on any atom is -0.431 e. The Morgan fingerprint density at radius 3 is 2.48 bits per heavy atom. The summed E-state index contributed by atoms with van der Waals surface area (Å²) in [6.07, 6.45) is -4.31. The first-order chi connectivity index (χ1) is 9.68. The van der Waals surface area contributed by atoms with Crippen molar-refractivity contribution >= 4 is 11.7 Å². The van der Waals surface area contributed by atoms with E-state index in [4.69, 9.17) is 4.74 Å². The van der Waals surface area contributed by atoms with Gasteiger partial charge < -0.3 is 4.74 Å². The first kappa shape index (κ1) is 17.1. The molecule has 1 unspecified atom stereocenters. The van der Waals surface area contributed by atoms with Crippen LogP contribution in [-0.4, -0.2) is 19.3 Å². The standard InChI is InChI=1S/C15H18F3NO2/c1-5-14(20)21-11(3)10(2)12-8-6-7-9-13(12)19(4)15(16,17)18/h6-10H,3,5H2,1-2,4H3. The van der Waals surface area contributed by atoms with Crippen LogP contribution in [0.3, 0.4) is 0 Å². The fourth-order valence-corrected chi connectivity index (χ4v) is 1.78. The van der Waals surface area contributed by atoms with E-state index in [1.807, 2.05) is 0 Å². The summed E-state index contributed by atoms with van der Waals surface area (Å²) in [4.78, 5) is 11.5. The predicted molar refractivity (Wildman–Crippen MR) is 74.8 cm³/mol. The van der Waals surface area contributed by atoms with Crippen LogP contribution in [-0.2, 0) is 9.53 Å². The van der Waals surface area contributed by atoms with Crippen LogP contribution < -0.4 is 4.90 Å². The Hall–Kier alpha value is -1.98. The number of carbonyl (C=O) groups excluding carboxylic acids is 1. The summed E-state index contributed by atoms with van der Waals surface area (Å²) in [6.45, 7) is 6.92. The third kappa shape index (κ3) is 4.24. The molecule has 116 valence electrons. The number of para-hydroxylation sites is 1. The molecule has 1 atom stereocenters. The van der Waals surface area contributed by atoms with Crippen LogP contribution in [0.2, 0.25) is 0 Å². The Morgan fingerprint density at radius 2 is 1.95 bits per heavy atom. The van der Waals surface area contributed by atoms with Crippen molar-refractivity contribution in [1.29, 1.82) is 0 Å². The van der Waals surface area contributed by atoms with E-state index < -0.39 is 18.2 Å². The fraction of sp³-hybridized carbons (Fsp3) is 0.400. The van der Waals surface area contributed by atoms with Gasteiger partial charge in [0.25, 0.3) is 0 Å². The summed E-state index contributed by atoms with van der Waals surface area (Å²) in [5.74, 6) is -0.875. The highest BCUT2D eigenvalue weighted by molar-refractivity contribution is 5.70. The summed E-state index contributed by atoms with van der Waals surface area (Å²) < 4.78 is 43.6. The molecule has 0 saturated heterocycles. The number of carbonyl (C=O) groups is 1. The van der Waals surface area contributed by atoms with E-state index in [1.165, 1.54) is 12.1 Å². The molecular weight excluding hydrogens is 283 g/mol. The number of benzene rings is 1. The number of hydrogen-bond acceptors (Lipinski definition) is 3. The molecule has 0 heterocycles. The van der Waals surface area contributed by atoms with Gasteiger partial charge in [0.1, 0.15) is 5.76 Å². The van der Waals surface area contributed by atoms with Crippen molar-refractivity contribution in [2.24, 2.45) is 0 Å². The summed E-state index contributed by atoms with van der Waals surface area (Å²) in [5, 5.41) is 0. The number of hydrogen-bond donors (Lipinski definition) is 0. The summed E-state index contributed by atoms with van der Waals surface area (Å²) in [7, 11) is 0.951. The number of esters is 1. The average Bonchev–Trinajstić information content (AvgIpc) is 2.44. The van der Waals surface area contributed by atoms with Crippen molar-refractivity contribution in [3.05, 3.63) is 42.2 Å². The smallest absolute Gasteiger partial charge is 0.431 e. The van der Waals surface area contributed by atoms with E-state index in [9.17, 15) is 18.0 Å². The first-order valence-electron chi connectivity index (χ1n) is 6.47. The zero-order valence-electron chi connectivity index (χ0n) is 12.2. The molecule has 0 N–H and O–H groups in total. The number of rotatable bonds is 5. The highest BCUT2D eigenvalue weighted by Crippen LogP contribution is 2.35. The SMILES string of the molecule is C=C(OC(=O)CC)C(C)c1ccccc1N(C)C(F)(F)F. The van der Waals surface area contributed by atoms with Gasteiger partial charge in [-0.1, -0.05) is 38.6 Å². The average molecular weight is 301 g/mol. The Bertz CT molecular complexity index is 526. The van der Waals surface area contributed by atoms with Crippen LogP contribution in [0.25, 0.3) is 0 Å². The zero-order chi connectivity index (χ0) is 16.2. The lowest BCUT2D eigenvalue weighted by molar-refractivity contribution is -0.139. The molecule has 0 aliphatic rings. The molecule has 0 spiro atoms. The van der Waals surface area contributed by atoms with Crippen molar-refractivity contribution in [2.45, 2.75) is 32.5 Å². The normalized spacial score (nSPS) is 12.7. The van der Waals surface area contributed by atoms with Crippen LogP contribution in [0.15, 0.2) is 36.6 Å². The monoisotopic (exact) mass is 301 g/mol. The Balaban J connectivity index is 3.08. The lowest BCUT2D eigenvalue weighted by Gasteiger charge is -2.27. The van der Waals surface area contributed by atoms with Crippen molar-refractivity contribution < 1.29 is 22.7 Å². The van der Waals surface area contributed by atoms with Crippen molar-refractivity contribution in [2.75, 3.05) is 11.9 Å². The summed E-state index contributed by atoms with van der Waals surface area (Å²) in [5.41, 5.74) is 0.400. The second-order valence-corrected chi connectivity index (χ2v) is 4.60. The number of allylic oxidation sites excluding steroid dienone is 1. The van der Waals surface area contributed by atoms with E-state index in [-0.39, 0.29) is 22.8 Å². The van der Waals surface area contributed by atoms with Crippen molar-refractivity contribution in [3.8, 4) is 0 Å². The van der Waals surface area contributed by atoms with Gasteiger partial charge in [-0.15, -0.1) is 0 Å². The first-order valence-corrected chi connectivity index (χ1v) is 6.47. The Kier molecular flexibility index (Phi) is 5.41. The molecule has 0 bridgehead atoms. The summed E-state index contributed by atoms with van der Waals surface area (Å²) in [6, 6.07) is 6.09. The van der Waals surface area contributed by atoms with Crippen LogP contribution >= 0.6 is 0 Å². The number of anilines is 1. The largest absolute Gasteiger partial charge is 0.484 e. The maximum Gasteiger partial charge on any atom is 0.484 e. The van der Waals surface area contributed by atoms with Crippen LogP contribution in [0, 0.1) is 0 Å². The second-order valence-electron chi connectivity index (χ2n) is 4.60. The third-order valence-electron chi connectivity index (χ3n) is 3.16. The van der Waals surface area contributed by atoms with Crippen LogP contribution in [0.4, 0.5) is 18.9 Å². The molecule has 0 fully saturated rings. The minimum absolute atomic E-state index is 0.00574. The highest BCUT2D eigenvalue weighted by atomic mass is 19.4. The number of halogens is 3. The molecule has 0 aliphatic carbocycles. The van der Waals surface area contributed by atoms with Gasteiger partial charge in [0.15, 0.2) is 0 Å². The number of ether oxygens (including phenoxy) is 1. The lowest BCUT2D eigenvalue weighted by Crippen LogP contribution is -2.35. The van der Waals surface area contributed by atoms with E-state index in [0.29, 0.717) is 5.56 Å². The van der Waals surface area contributed by atoms with Gasteiger partial charge >= 0.3 is 12.3 Å². The Labute approximate surface area is 122 Å². The number of nitrogens with zero attached hydrogens (tertiary/aromatic N) is 1. The molecular formula is C15H18F3NO2. The molecule has 3 nitrogen and oxygen atoms in total. The highest BCUT2D eigenvalue weighted by Gasteiger charge is 2.36. The molecule has 1 rings (SSSR count). The van der Waals surface area contributed by atoms with Gasteiger partial charge in [-0.05, 0) is 11.6 Å². The van der Waals surface area contributed by atoms with Gasteiger partial charge in [-0.25, -0.2) is 0 Å². The molecule has 1 aromatic carbocycles. The minimum atomic E-state index is -4.49. The lowest BCUT2D eigenvalue weighted by atomic mass is 9.97. The van der Waals surface area contributed by atoms with Crippen molar-refractivity contribution in [1.82, 2.24) is 0 Å². The van der Waals surface area contributed by atoms with Crippen LogP contribution in [0.5, 0.6) is 0 Å². The zero-order valence-corrected chi connectivity index (χ0v) is 12.2. The second kappa shape index (κ2) is 6.65. The number of alkyl halides is 3.